The molecular weight excluding hydrogens is 503 g/mol. The van der Waals surface area contributed by atoms with Crippen molar-refractivity contribution >= 4 is 34.9 Å². The highest BCUT2D eigenvalue weighted by Crippen LogP contribution is 2.30. The van der Waals surface area contributed by atoms with Crippen molar-refractivity contribution in [3.05, 3.63) is 111 Å². The van der Waals surface area contributed by atoms with Gasteiger partial charge in [0.15, 0.2) is 5.82 Å². The molecule has 7 heteroatoms. The summed E-state index contributed by atoms with van der Waals surface area (Å²) in [6.45, 7) is 4.68. The molecule has 3 aromatic carbocycles. The molecule has 0 saturated carbocycles. The maximum Gasteiger partial charge on any atom is 0.255 e. The Bertz CT molecular complexity index is 1380. The lowest BCUT2D eigenvalue weighted by Gasteiger charge is -2.37. The third-order valence-electron chi connectivity index (χ3n) is 6.70. The smallest absolute Gasteiger partial charge is 0.255 e. The number of carbonyl (C=O) groups is 1. The van der Waals surface area contributed by atoms with Gasteiger partial charge in [0.1, 0.15) is 5.82 Å². The van der Waals surface area contributed by atoms with Gasteiger partial charge in [0, 0.05) is 54.4 Å². The fourth-order valence-electron chi connectivity index (χ4n) is 4.70. The molecule has 188 valence electrons. The quantitative estimate of drug-likeness (QED) is 0.283. The first-order chi connectivity index (χ1) is 18.0. The van der Waals surface area contributed by atoms with Crippen LogP contribution in [0.25, 0.3) is 11.4 Å². The van der Waals surface area contributed by atoms with Crippen molar-refractivity contribution in [2.45, 2.75) is 19.8 Å². The highest BCUT2D eigenvalue weighted by atomic mass is 35.5. The van der Waals surface area contributed by atoms with Gasteiger partial charge in [0.05, 0.1) is 10.6 Å². The number of benzene rings is 3. The van der Waals surface area contributed by atoms with Crippen molar-refractivity contribution in [2.24, 2.45) is 0 Å². The van der Waals surface area contributed by atoms with Gasteiger partial charge < -0.3 is 9.80 Å². The molecule has 37 heavy (non-hydrogen) atoms. The van der Waals surface area contributed by atoms with Crippen LogP contribution in [0.5, 0.6) is 0 Å². The molecule has 1 saturated heterocycles. The number of hydrogen-bond acceptors (Lipinski definition) is 4. The van der Waals surface area contributed by atoms with E-state index >= 15 is 0 Å². The summed E-state index contributed by atoms with van der Waals surface area (Å²) >= 11 is 12.4. The number of aryl methyl sites for hydroxylation is 1. The van der Waals surface area contributed by atoms with Crippen molar-refractivity contribution in [3.8, 4) is 11.4 Å². The monoisotopic (exact) mass is 530 g/mol. The summed E-state index contributed by atoms with van der Waals surface area (Å²) in [5.74, 6) is 1.63. The van der Waals surface area contributed by atoms with E-state index < -0.39 is 0 Å². The maximum atomic E-state index is 13.1. The molecule has 5 rings (SSSR count). The third-order valence-corrected chi connectivity index (χ3v) is 7.28. The summed E-state index contributed by atoms with van der Waals surface area (Å²) in [6.07, 6.45) is 1.51. The SMILES string of the molecule is CCc1nc(-c2ccccc2)nc(N2CCN(C(=O)c3ccccc3Cl)CC2)c1Cc1ccc(Cl)cc1. The zero-order valence-corrected chi connectivity index (χ0v) is 22.2. The summed E-state index contributed by atoms with van der Waals surface area (Å²) in [4.78, 5) is 27.4. The summed E-state index contributed by atoms with van der Waals surface area (Å²) in [5, 5.41) is 1.20. The van der Waals surface area contributed by atoms with Gasteiger partial charge >= 0.3 is 0 Å². The molecule has 0 aliphatic carbocycles. The van der Waals surface area contributed by atoms with Gasteiger partial charge in [-0.05, 0) is 36.2 Å². The van der Waals surface area contributed by atoms with Crippen LogP contribution in [0.15, 0.2) is 78.9 Å². The van der Waals surface area contributed by atoms with Crippen molar-refractivity contribution in [2.75, 3.05) is 31.1 Å². The maximum absolute atomic E-state index is 13.1. The molecular formula is C30H28Cl2N4O. The molecule has 2 heterocycles. The first kappa shape index (κ1) is 25.2. The summed E-state index contributed by atoms with van der Waals surface area (Å²) < 4.78 is 0. The molecule has 1 aliphatic rings. The van der Waals surface area contributed by atoms with Gasteiger partial charge in [-0.2, -0.15) is 0 Å². The summed E-state index contributed by atoms with van der Waals surface area (Å²) in [5.41, 5.74) is 4.85. The summed E-state index contributed by atoms with van der Waals surface area (Å²) in [7, 11) is 0. The molecule has 0 bridgehead atoms. The highest BCUT2D eigenvalue weighted by molar-refractivity contribution is 6.33. The number of piperazine rings is 1. The normalized spacial score (nSPS) is 13.6. The Hall–Kier alpha value is -3.41. The van der Waals surface area contributed by atoms with E-state index in [1.54, 1.807) is 12.1 Å². The number of carbonyl (C=O) groups excluding carboxylic acids is 1. The van der Waals surface area contributed by atoms with Crippen LogP contribution in [0.2, 0.25) is 10.0 Å². The van der Waals surface area contributed by atoms with E-state index in [9.17, 15) is 4.79 Å². The van der Waals surface area contributed by atoms with Gasteiger partial charge in [-0.3, -0.25) is 4.79 Å². The second kappa shape index (κ2) is 11.3. The lowest BCUT2D eigenvalue weighted by molar-refractivity contribution is 0.0746. The van der Waals surface area contributed by atoms with Crippen molar-refractivity contribution in [1.82, 2.24) is 14.9 Å². The number of hydrogen-bond donors (Lipinski definition) is 0. The fraction of sp³-hybridized carbons (Fsp3) is 0.233. The minimum absolute atomic E-state index is 0.0338. The van der Waals surface area contributed by atoms with Crippen molar-refractivity contribution < 1.29 is 4.79 Å². The predicted octanol–water partition coefficient (Wildman–Crippen LogP) is 6.57. The number of anilines is 1. The zero-order chi connectivity index (χ0) is 25.8. The third kappa shape index (κ3) is 5.63. The first-order valence-electron chi connectivity index (χ1n) is 12.5. The lowest BCUT2D eigenvalue weighted by atomic mass is 10.0. The molecule has 0 unspecified atom stereocenters. The second-order valence-corrected chi connectivity index (χ2v) is 9.92. The van der Waals surface area contributed by atoms with Gasteiger partial charge in [0.2, 0.25) is 0 Å². The minimum Gasteiger partial charge on any atom is -0.353 e. The zero-order valence-electron chi connectivity index (χ0n) is 20.7. The molecule has 0 N–H and O–H groups in total. The van der Waals surface area contributed by atoms with Crippen LogP contribution in [-0.4, -0.2) is 47.0 Å². The molecule has 1 fully saturated rings. The Labute approximate surface area is 227 Å². The van der Waals surface area contributed by atoms with E-state index in [-0.39, 0.29) is 5.91 Å². The van der Waals surface area contributed by atoms with Gasteiger partial charge in [0.25, 0.3) is 5.91 Å². The number of rotatable bonds is 6. The van der Waals surface area contributed by atoms with Gasteiger partial charge in [-0.25, -0.2) is 9.97 Å². The van der Waals surface area contributed by atoms with E-state index in [4.69, 9.17) is 33.2 Å². The Balaban J connectivity index is 1.47. The van der Waals surface area contributed by atoms with Gasteiger partial charge in [-0.15, -0.1) is 0 Å². The Morgan fingerprint density at radius 2 is 1.51 bits per heavy atom. The van der Waals surface area contributed by atoms with E-state index in [2.05, 4.69) is 24.0 Å². The van der Waals surface area contributed by atoms with E-state index in [1.165, 1.54) is 0 Å². The van der Waals surface area contributed by atoms with E-state index in [0.717, 1.165) is 45.5 Å². The molecule has 0 radical (unpaired) electrons. The molecule has 0 atom stereocenters. The summed E-state index contributed by atoms with van der Waals surface area (Å²) in [6, 6.07) is 25.2. The predicted molar refractivity (Wildman–Crippen MR) is 151 cm³/mol. The lowest BCUT2D eigenvalue weighted by Crippen LogP contribution is -2.49. The van der Waals surface area contributed by atoms with Crippen molar-refractivity contribution in [1.29, 1.82) is 0 Å². The van der Waals surface area contributed by atoms with Crippen LogP contribution in [0.4, 0.5) is 5.82 Å². The average Bonchev–Trinajstić information content (AvgIpc) is 2.95. The van der Waals surface area contributed by atoms with Crippen LogP contribution in [0, 0.1) is 0 Å². The first-order valence-corrected chi connectivity index (χ1v) is 13.3. The van der Waals surface area contributed by atoms with Crippen LogP contribution < -0.4 is 4.90 Å². The Morgan fingerprint density at radius 3 is 2.19 bits per heavy atom. The molecule has 0 spiro atoms. The van der Waals surface area contributed by atoms with Crippen LogP contribution >= 0.6 is 23.2 Å². The number of amides is 1. The highest BCUT2D eigenvalue weighted by Gasteiger charge is 2.27. The topological polar surface area (TPSA) is 49.3 Å². The second-order valence-electron chi connectivity index (χ2n) is 9.08. The average molecular weight is 531 g/mol. The van der Waals surface area contributed by atoms with Crippen LogP contribution in [0.1, 0.15) is 34.1 Å². The minimum atomic E-state index is -0.0338. The number of nitrogens with zero attached hydrogens (tertiary/aromatic N) is 4. The number of halogens is 2. The fourth-order valence-corrected chi connectivity index (χ4v) is 5.04. The molecule has 1 aromatic heterocycles. The van der Waals surface area contributed by atoms with Gasteiger partial charge in [-0.1, -0.05) is 84.7 Å². The Morgan fingerprint density at radius 1 is 0.838 bits per heavy atom. The standard InChI is InChI=1S/C30H28Cl2N4O/c1-2-27-25(20-21-12-14-23(31)15-13-21)29(34-28(33-27)22-8-4-3-5-9-22)35-16-18-36(19-17-35)30(37)24-10-6-7-11-26(24)32/h3-15H,2,16-20H2,1H3. The van der Waals surface area contributed by atoms with Crippen LogP contribution in [-0.2, 0) is 12.8 Å². The largest absolute Gasteiger partial charge is 0.353 e. The van der Waals surface area contributed by atoms with E-state index in [0.29, 0.717) is 43.2 Å². The number of aromatic nitrogens is 2. The van der Waals surface area contributed by atoms with Crippen molar-refractivity contribution in [3.63, 3.8) is 0 Å². The Kier molecular flexibility index (Phi) is 7.73. The molecule has 5 nitrogen and oxygen atoms in total. The molecule has 1 amide bonds. The van der Waals surface area contributed by atoms with E-state index in [1.807, 2.05) is 59.5 Å². The van der Waals surface area contributed by atoms with Crippen LogP contribution in [0.3, 0.4) is 0 Å². The molecule has 1 aliphatic heterocycles. The molecule has 4 aromatic rings.